The molecule has 5 nitrogen and oxygen atoms in total. The van der Waals surface area contributed by atoms with E-state index in [1.807, 2.05) is 36.4 Å². The van der Waals surface area contributed by atoms with E-state index in [0.29, 0.717) is 0 Å². The van der Waals surface area contributed by atoms with Gasteiger partial charge in [-0.25, -0.2) is 5.43 Å². The lowest BCUT2D eigenvalue weighted by Crippen LogP contribution is -2.17. The lowest BCUT2D eigenvalue weighted by atomic mass is 10.2. The molecule has 1 amide bonds. The zero-order valence-electron chi connectivity index (χ0n) is 11.6. The number of aromatic nitrogens is 2. The quantitative estimate of drug-likeness (QED) is 0.453. The third kappa shape index (κ3) is 4.15. The van der Waals surface area contributed by atoms with Gasteiger partial charge in [0.2, 0.25) is 0 Å². The van der Waals surface area contributed by atoms with Gasteiger partial charge < -0.3 is 0 Å². The van der Waals surface area contributed by atoms with Gasteiger partial charge in [-0.3, -0.25) is 9.89 Å². The molecule has 0 aliphatic heterocycles. The van der Waals surface area contributed by atoms with Gasteiger partial charge in [0.05, 0.1) is 20.6 Å². The molecule has 2 heterocycles. The largest absolute Gasteiger partial charge is 0.291 e. The smallest absolute Gasteiger partial charge is 0.276 e. The molecule has 116 valence electrons. The van der Waals surface area contributed by atoms with E-state index in [4.69, 9.17) is 0 Å². The number of thiophene rings is 1. The first-order valence-corrected chi connectivity index (χ1v) is 8.92. The van der Waals surface area contributed by atoms with Gasteiger partial charge in [-0.15, -0.1) is 11.3 Å². The number of nitrogens with one attached hydrogen (secondary N) is 2. The van der Waals surface area contributed by atoms with Crippen LogP contribution < -0.4 is 5.43 Å². The van der Waals surface area contributed by atoms with Crippen molar-refractivity contribution >= 4 is 55.3 Å². The average molecular weight is 454 g/mol. The zero-order chi connectivity index (χ0) is 16.2. The first-order valence-electron chi connectivity index (χ1n) is 6.52. The first-order chi connectivity index (χ1) is 11.1. The Labute approximate surface area is 153 Å². The standard InChI is InChI=1S/C15H10Br2N4OS/c16-10-3-1-9(2-4-10)8-18-21-15(22)12-7-11(19-20-12)13-5-6-14(17)23-13/h1-8H,(H,19,20)(H,21,22)/b18-8-. The molecule has 23 heavy (non-hydrogen) atoms. The molecule has 0 bridgehead atoms. The monoisotopic (exact) mass is 452 g/mol. The minimum atomic E-state index is -0.364. The van der Waals surface area contributed by atoms with Crippen LogP contribution >= 0.6 is 43.2 Å². The Kier molecular flexibility index (Phi) is 5.04. The third-order valence-electron chi connectivity index (χ3n) is 2.90. The molecule has 0 saturated heterocycles. The summed E-state index contributed by atoms with van der Waals surface area (Å²) in [7, 11) is 0. The second-order valence-electron chi connectivity index (χ2n) is 4.52. The van der Waals surface area contributed by atoms with E-state index in [-0.39, 0.29) is 11.6 Å². The van der Waals surface area contributed by atoms with Gasteiger partial charge in [0, 0.05) is 4.47 Å². The molecular weight excluding hydrogens is 444 g/mol. The van der Waals surface area contributed by atoms with Gasteiger partial charge in [0.15, 0.2) is 5.69 Å². The highest BCUT2D eigenvalue weighted by Crippen LogP contribution is 2.30. The minimum Gasteiger partial charge on any atom is -0.276 e. The molecule has 0 aliphatic rings. The van der Waals surface area contributed by atoms with Crippen LogP contribution in [0.15, 0.2) is 55.8 Å². The lowest BCUT2D eigenvalue weighted by molar-refractivity contribution is 0.0950. The number of carbonyl (C=O) groups is 1. The molecule has 0 aliphatic carbocycles. The topological polar surface area (TPSA) is 70.1 Å². The van der Waals surface area contributed by atoms with Crippen molar-refractivity contribution in [3.05, 3.63) is 62.0 Å². The van der Waals surface area contributed by atoms with Gasteiger partial charge in [0.25, 0.3) is 5.91 Å². The highest BCUT2D eigenvalue weighted by molar-refractivity contribution is 9.11. The van der Waals surface area contributed by atoms with Gasteiger partial charge in [-0.05, 0) is 51.8 Å². The van der Waals surface area contributed by atoms with Gasteiger partial charge in [-0.1, -0.05) is 28.1 Å². The van der Waals surface area contributed by atoms with Crippen LogP contribution in [0, 0.1) is 0 Å². The van der Waals surface area contributed by atoms with Crippen molar-refractivity contribution < 1.29 is 4.79 Å². The van der Waals surface area contributed by atoms with Crippen LogP contribution in [0.25, 0.3) is 10.6 Å². The molecule has 0 unspecified atom stereocenters. The number of carbonyl (C=O) groups excluding carboxylic acids is 1. The van der Waals surface area contributed by atoms with Crippen molar-refractivity contribution in [2.24, 2.45) is 5.10 Å². The summed E-state index contributed by atoms with van der Waals surface area (Å²) in [5, 5.41) is 10.8. The van der Waals surface area contributed by atoms with Crippen molar-refractivity contribution in [2.45, 2.75) is 0 Å². The summed E-state index contributed by atoms with van der Waals surface area (Å²) >= 11 is 8.33. The van der Waals surface area contributed by atoms with E-state index >= 15 is 0 Å². The summed E-state index contributed by atoms with van der Waals surface area (Å²) < 4.78 is 2.01. The fraction of sp³-hybridized carbons (Fsp3) is 0. The van der Waals surface area contributed by atoms with Crippen LogP contribution in [-0.2, 0) is 0 Å². The highest BCUT2D eigenvalue weighted by atomic mass is 79.9. The Morgan fingerprint density at radius 2 is 2.00 bits per heavy atom. The van der Waals surface area contributed by atoms with Crippen LogP contribution in [0.4, 0.5) is 0 Å². The highest BCUT2D eigenvalue weighted by Gasteiger charge is 2.11. The van der Waals surface area contributed by atoms with Crippen molar-refractivity contribution in [1.82, 2.24) is 15.6 Å². The molecule has 2 N–H and O–H groups in total. The molecule has 0 fully saturated rings. The van der Waals surface area contributed by atoms with E-state index in [1.54, 1.807) is 23.6 Å². The Morgan fingerprint density at radius 3 is 2.70 bits per heavy atom. The predicted octanol–water partition coefficient (Wildman–Crippen LogP) is 4.43. The van der Waals surface area contributed by atoms with Crippen molar-refractivity contribution in [3.63, 3.8) is 0 Å². The normalized spacial score (nSPS) is 11.0. The van der Waals surface area contributed by atoms with Crippen molar-refractivity contribution in [1.29, 1.82) is 0 Å². The molecule has 0 atom stereocenters. The maximum Gasteiger partial charge on any atom is 0.291 e. The third-order valence-corrected chi connectivity index (χ3v) is 5.08. The number of benzene rings is 1. The van der Waals surface area contributed by atoms with Crippen molar-refractivity contribution in [3.8, 4) is 10.6 Å². The number of aromatic amines is 1. The van der Waals surface area contributed by atoms with Crippen LogP contribution in [0.2, 0.25) is 0 Å². The van der Waals surface area contributed by atoms with E-state index in [9.17, 15) is 4.79 Å². The lowest BCUT2D eigenvalue weighted by Gasteiger charge is -1.95. The number of nitrogens with zero attached hydrogens (tertiary/aromatic N) is 2. The Balaban J connectivity index is 1.64. The number of hydrogen-bond donors (Lipinski definition) is 2. The fourth-order valence-corrected chi connectivity index (χ4v) is 3.41. The maximum atomic E-state index is 12.0. The second-order valence-corrected chi connectivity index (χ2v) is 7.90. The summed E-state index contributed by atoms with van der Waals surface area (Å²) in [4.78, 5) is 13.0. The summed E-state index contributed by atoms with van der Waals surface area (Å²) in [5.74, 6) is -0.364. The molecule has 0 spiro atoms. The van der Waals surface area contributed by atoms with Crippen LogP contribution in [0.3, 0.4) is 0 Å². The van der Waals surface area contributed by atoms with Crippen LogP contribution in [0.5, 0.6) is 0 Å². The number of rotatable bonds is 4. The number of amides is 1. The number of hydrogen-bond acceptors (Lipinski definition) is 4. The number of H-pyrrole nitrogens is 1. The summed E-state index contributed by atoms with van der Waals surface area (Å²) in [6, 6.07) is 13.2. The Hall–Kier alpha value is -1.77. The van der Waals surface area contributed by atoms with E-state index < -0.39 is 0 Å². The average Bonchev–Trinajstić information content (AvgIpc) is 3.18. The molecule has 3 aromatic rings. The predicted molar refractivity (Wildman–Crippen MR) is 98.8 cm³/mol. The van der Waals surface area contributed by atoms with Gasteiger partial charge in [0.1, 0.15) is 0 Å². The molecule has 2 aromatic heterocycles. The van der Waals surface area contributed by atoms with Crippen molar-refractivity contribution in [2.75, 3.05) is 0 Å². The molecule has 8 heteroatoms. The van der Waals surface area contributed by atoms with E-state index in [2.05, 4.69) is 52.6 Å². The fourth-order valence-electron chi connectivity index (χ4n) is 1.79. The van der Waals surface area contributed by atoms with Crippen LogP contribution in [-0.4, -0.2) is 22.3 Å². The van der Waals surface area contributed by atoms with Crippen LogP contribution in [0.1, 0.15) is 16.1 Å². The molecule has 1 aromatic carbocycles. The summed E-state index contributed by atoms with van der Waals surface area (Å²) in [6.45, 7) is 0. The molecular formula is C15H10Br2N4OS. The summed E-state index contributed by atoms with van der Waals surface area (Å²) in [6.07, 6.45) is 1.58. The SMILES string of the molecule is O=C(N/N=C\c1ccc(Br)cc1)c1cc(-c2ccc(Br)s2)[nH]n1. The Morgan fingerprint density at radius 1 is 1.22 bits per heavy atom. The Bertz CT molecular complexity index is 855. The van der Waals surface area contributed by atoms with Gasteiger partial charge in [-0.2, -0.15) is 10.2 Å². The zero-order valence-corrected chi connectivity index (χ0v) is 15.6. The molecule has 0 radical (unpaired) electrons. The van der Waals surface area contributed by atoms with E-state index in [1.165, 1.54) is 0 Å². The summed E-state index contributed by atoms with van der Waals surface area (Å²) in [5.41, 5.74) is 4.43. The molecule has 0 saturated carbocycles. The molecule has 3 rings (SSSR count). The number of halogens is 2. The first kappa shape index (κ1) is 16.1. The second kappa shape index (κ2) is 7.20. The van der Waals surface area contributed by atoms with Gasteiger partial charge >= 0.3 is 0 Å². The number of hydrazone groups is 1. The minimum absolute atomic E-state index is 0.289. The van der Waals surface area contributed by atoms with E-state index in [0.717, 1.165) is 24.4 Å². The maximum absolute atomic E-state index is 12.0.